The van der Waals surface area contributed by atoms with Crippen LogP contribution in [0.3, 0.4) is 0 Å². The zero-order chi connectivity index (χ0) is 9.07. The van der Waals surface area contributed by atoms with Gasteiger partial charge in [-0.2, -0.15) is 13.2 Å². The fraction of sp³-hybridized carbons (Fsp3) is 0.800. The lowest BCUT2D eigenvalue weighted by atomic mass is 10.1. The van der Waals surface area contributed by atoms with Crippen molar-refractivity contribution in [3.05, 3.63) is 0 Å². The van der Waals surface area contributed by atoms with Gasteiger partial charge in [-0.05, 0) is 6.42 Å². The molecule has 0 saturated carbocycles. The molecular formula is C5H9F3N2O. The molecule has 0 spiro atoms. The summed E-state index contributed by atoms with van der Waals surface area (Å²) in [6, 6.07) is -1.20. The predicted octanol–water partition coefficient (Wildman–Crippen LogP) is 0.141. The Labute approximate surface area is 61.5 Å². The highest BCUT2D eigenvalue weighted by atomic mass is 19.4. The van der Waals surface area contributed by atoms with Gasteiger partial charge in [0.05, 0.1) is 6.04 Å². The van der Waals surface area contributed by atoms with Gasteiger partial charge in [-0.3, -0.25) is 4.79 Å². The maximum absolute atomic E-state index is 11.5. The molecule has 1 amide bonds. The largest absolute Gasteiger partial charge is 0.389 e. The summed E-state index contributed by atoms with van der Waals surface area (Å²) >= 11 is 0. The van der Waals surface area contributed by atoms with Crippen LogP contribution in [0.4, 0.5) is 13.2 Å². The maximum Gasteiger partial charge on any atom is 0.389 e. The summed E-state index contributed by atoms with van der Waals surface area (Å²) in [5, 5.41) is 0. The molecular weight excluding hydrogens is 161 g/mol. The average molecular weight is 170 g/mol. The monoisotopic (exact) mass is 170 g/mol. The van der Waals surface area contributed by atoms with E-state index < -0.39 is 31.0 Å². The van der Waals surface area contributed by atoms with Gasteiger partial charge in [0, 0.05) is 6.42 Å². The normalized spacial score (nSPS) is 14.5. The standard InChI is InChI=1S/C5H9F3N2O/c6-5(7,8)2-1-3(9)4(10)11/h3H,1-2,9H2,(H2,10,11)/t3-/m0/s1. The minimum Gasteiger partial charge on any atom is -0.368 e. The molecule has 66 valence electrons. The molecule has 0 aromatic heterocycles. The van der Waals surface area contributed by atoms with Crippen molar-refractivity contribution in [2.45, 2.75) is 25.1 Å². The predicted molar refractivity (Wildman–Crippen MR) is 32.5 cm³/mol. The molecule has 3 nitrogen and oxygen atoms in total. The smallest absolute Gasteiger partial charge is 0.368 e. The quantitative estimate of drug-likeness (QED) is 0.632. The Morgan fingerprint density at radius 1 is 1.45 bits per heavy atom. The molecule has 0 aromatic carbocycles. The van der Waals surface area contributed by atoms with Crippen LogP contribution in [-0.2, 0) is 4.79 Å². The van der Waals surface area contributed by atoms with Gasteiger partial charge < -0.3 is 11.5 Å². The van der Waals surface area contributed by atoms with E-state index in [2.05, 4.69) is 5.73 Å². The highest BCUT2D eigenvalue weighted by Crippen LogP contribution is 2.21. The highest BCUT2D eigenvalue weighted by molar-refractivity contribution is 5.79. The number of hydrogen-bond donors (Lipinski definition) is 2. The van der Waals surface area contributed by atoms with E-state index in [0.29, 0.717) is 0 Å². The first-order valence-electron chi connectivity index (χ1n) is 2.94. The van der Waals surface area contributed by atoms with Crippen LogP contribution in [0.15, 0.2) is 0 Å². The molecule has 0 aliphatic heterocycles. The number of amides is 1. The SMILES string of the molecule is NC(=O)[C@@H](N)CCC(F)(F)F. The van der Waals surface area contributed by atoms with Gasteiger partial charge in [-0.25, -0.2) is 0 Å². The van der Waals surface area contributed by atoms with Crippen LogP contribution in [0.1, 0.15) is 12.8 Å². The van der Waals surface area contributed by atoms with Gasteiger partial charge >= 0.3 is 6.18 Å². The van der Waals surface area contributed by atoms with Crippen molar-refractivity contribution in [3.8, 4) is 0 Å². The number of carbonyl (C=O) groups excluding carboxylic acids is 1. The fourth-order valence-electron chi connectivity index (χ4n) is 0.461. The Hall–Kier alpha value is -0.780. The topological polar surface area (TPSA) is 69.1 Å². The van der Waals surface area contributed by atoms with E-state index in [1.807, 2.05) is 0 Å². The Morgan fingerprint density at radius 2 is 1.91 bits per heavy atom. The van der Waals surface area contributed by atoms with Crippen LogP contribution in [0.25, 0.3) is 0 Å². The number of carbonyl (C=O) groups is 1. The summed E-state index contributed by atoms with van der Waals surface area (Å²) in [6.07, 6.45) is -5.79. The average Bonchev–Trinajstić information content (AvgIpc) is 1.80. The second-order valence-electron chi connectivity index (χ2n) is 2.16. The van der Waals surface area contributed by atoms with Crippen LogP contribution < -0.4 is 11.5 Å². The Kier molecular flexibility index (Phi) is 3.31. The third kappa shape index (κ3) is 5.65. The minimum atomic E-state index is -4.27. The fourth-order valence-corrected chi connectivity index (χ4v) is 0.461. The third-order valence-corrected chi connectivity index (χ3v) is 1.10. The molecule has 0 aliphatic carbocycles. The second-order valence-corrected chi connectivity index (χ2v) is 2.16. The second kappa shape index (κ2) is 3.56. The Bertz CT molecular complexity index is 145. The molecule has 0 fully saturated rings. The van der Waals surface area contributed by atoms with E-state index in [1.165, 1.54) is 0 Å². The van der Waals surface area contributed by atoms with Crippen molar-refractivity contribution in [2.24, 2.45) is 11.5 Å². The molecule has 0 bridgehead atoms. The van der Waals surface area contributed by atoms with E-state index in [0.717, 1.165) is 0 Å². The molecule has 0 unspecified atom stereocenters. The first kappa shape index (κ1) is 10.2. The summed E-state index contributed by atoms with van der Waals surface area (Å²) in [6.45, 7) is 0. The van der Waals surface area contributed by atoms with Crippen LogP contribution in [0, 0.1) is 0 Å². The first-order chi connectivity index (χ1) is 4.83. The van der Waals surface area contributed by atoms with Crippen molar-refractivity contribution < 1.29 is 18.0 Å². The number of hydrogen-bond acceptors (Lipinski definition) is 2. The van der Waals surface area contributed by atoms with Crippen LogP contribution in [0.2, 0.25) is 0 Å². The number of nitrogens with two attached hydrogens (primary N) is 2. The lowest BCUT2D eigenvalue weighted by Crippen LogP contribution is -2.37. The van der Waals surface area contributed by atoms with Crippen LogP contribution in [-0.4, -0.2) is 18.1 Å². The summed E-state index contributed by atoms with van der Waals surface area (Å²) in [5.41, 5.74) is 9.58. The highest BCUT2D eigenvalue weighted by Gasteiger charge is 2.28. The molecule has 0 rings (SSSR count). The summed E-state index contributed by atoms with van der Waals surface area (Å²) in [7, 11) is 0. The molecule has 0 heterocycles. The van der Waals surface area contributed by atoms with E-state index in [4.69, 9.17) is 5.73 Å². The van der Waals surface area contributed by atoms with Gasteiger partial charge in [0.25, 0.3) is 0 Å². The lowest BCUT2D eigenvalue weighted by Gasteiger charge is -2.08. The van der Waals surface area contributed by atoms with Crippen molar-refractivity contribution in [1.29, 1.82) is 0 Å². The zero-order valence-electron chi connectivity index (χ0n) is 5.69. The van der Waals surface area contributed by atoms with E-state index in [9.17, 15) is 18.0 Å². The molecule has 11 heavy (non-hydrogen) atoms. The number of halogens is 3. The molecule has 4 N–H and O–H groups in total. The van der Waals surface area contributed by atoms with Crippen LogP contribution >= 0.6 is 0 Å². The minimum absolute atomic E-state index is 0.446. The van der Waals surface area contributed by atoms with Crippen LogP contribution in [0.5, 0.6) is 0 Å². The summed E-state index contributed by atoms with van der Waals surface area (Å²) in [4.78, 5) is 10.1. The lowest BCUT2D eigenvalue weighted by molar-refractivity contribution is -0.137. The summed E-state index contributed by atoms with van der Waals surface area (Å²) in [5.74, 6) is -0.908. The first-order valence-corrected chi connectivity index (χ1v) is 2.94. The zero-order valence-corrected chi connectivity index (χ0v) is 5.69. The van der Waals surface area contributed by atoms with Gasteiger partial charge in [0.1, 0.15) is 0 Å². The Balaban J connectivity index is 3.63. The molecule has 0 aromatic rings. The van der Waals surface area contributed by atoms with E-state index >= 15 is 0 Å². The molecule has 1 atom stereocenters. The van der Waals surface area contributed by atoms with Gasteiger partial charge in [0.2, 0.25) is 5.91 Å². The molecule has 0 saturated heterocycles. The van der Waals surface area contributed by atoms with Gasteiger partial charge in [-0.1, -0.05) is 0 Å². The van der Waals surface area contributed by atoms with Crippen molar-refractivity contribution in [3.63, 3.8) is 0 Å². The molecule has 0 radical (unpaired) electrons. The van der Waals surface area contributed by atoms with Crippen molar-refractivity contribution in [2.75, 3.05) is 0 Å². The molecule has 0 aliphatic rings. The van der Waals surface area contributed by atoms with E-state index in [-0.39, 0.29) is 0 Å². The third-order valence-electron chi connectivity index (χ3n) is 1.10. The van der Waals surface area contributed by atoms with Crippen molar-refractivity contribution in [1.82, 2.24) is 0 Å². The van der Waals surface area contributed by atoms with Gasteiger partial charge in [0.15, 0.2) is 0 Å². The number of alkyl halides is 3. The number of rotatable bonds is 3. The maximum atomic E-state index is 11.5. The molecule has 6 heteroatoms. The van der Waals surface area contributed by atoms with Crippen molar-refractivity contribution >= 4 is 5.91 Å². The summed E-state index contributed by atoms with van der Waals surface area (Å²) < 4.78 is 34.4. The van der Waals surface area contributed by atoms with Gasteiger partial charge in [-0.15, -0.1) is 0 Å². The Morgan fingerprint density at radius 3 is 2.18 bits per heavy atom. The number of primary amides is 1. The van der Waals surface area contributed by atoms with E-state index in [1.54, 1.807) is 0 Å².